The molecule has 0 aliphatic carbocycles. The zero-order chi connectivity index (χ0) is 45.0. The van der Waals surface area contributed by atoms with Gasteiger partial charge in [0, 0.05) is 55.6 Å². The van der Waals surface area contributed by atoms with E-state index in [0.717, 1.165) is 55.1 Å². The van der Waals surface area contributed by atoms with E-state index < -0.39 is 25.5 Å². The zero-order valence-electron chi connectivity index (χ0n) is 40.3. The van der Waals surface area contributed by atoms with Crippen molar-refractivity contribution >= 4 is 32.7 Å². The molecule has 3 aromatic heterocycles. The first-order valence-corrected chi connectivity index (χ1v) is 17.7. The molecule has 4 heteroatoms. The summed E-state index contributed by atoms with van der Waals surface area (Å²) in [6.45, 7) is 6.73. The Hall–Kier alpha value is -4.89. The van der Waals surface area contributed by atoms with Gasteiger partial charge in [0.2, 0.25) is 0 Å². The minimum absolute atomic E-state index is 0. The number of rotatable bonds is 4. The SMILES string of the molecule is [2H]C([2H])([2H])c1c[c-]c(-c2ccc(C([2H])([2H])C(C)(C)C)cn2)cc1-c1ccc(C(C)(C)C)cc1C([2H])([2H])[2H].[2H]Cc1ccnc(-c2[c-]ccc3c2oc2c4ccccc4ccc32)c1.[Ir]. The second kappa shape index (κ2) is 15.5. The predicted molar refractivity (Wildman–Crippen MR) is 223 cm³/mol. The summed E-state index contributed by atoms with van der Waals surface area (Å²) in [4.78, 5) is 8.92. The van der Waals surface area contributed by atoms with Crippen LogP contribution >= 0.6 is 0 Å². The Morgan fingerprint density at radius 1 is 0.722 bits per heavy atom. The van der Waals surface area contributed by atoms with Gasteiger partial charge in [-0.2, -0.15) is 0 Å². The summed E-state index contributed by atoms with van der Waals surface area (Å²) in [5, 5.41) is 4.43. The van der Waals surface area contributed by atoms with Gasteiger partial charge in [-0.25, -0.2) is 0 Å². The molecule has 3 heterocycles. The van der Waals surface area contributed by atoms with Crippen LogP contribution in [0.25, 0.3) is 66.4 Å². The minimum atomic E-state index is -2.49. The summed E-state index contributed by atoms with van der Waals surface area (Å²) >= 11 is 0. The Kier molecular flexibility index (Phi) is 8.17. The number of aryl methyl sites for hydroxylation is 3. The molecule has 0 fully saturated rings. The largest absolute Gasteiger partial charge is 0.500 e. The molecule has 0 saturated carbocycles. The monoisotopic (exact) mass is 894 g/mol. The van der Waals surface area contributed by atoms with Gasteiger partial charge in [0.25, 0.3) is 0 Å². The summed E-state index contributed by atoms with van der Waals surface area (Å²) in [5.41, 5.74) is 6.28. The van der Waals surface area contributed by atoms with Crippen molar-refractivity contribution in [1.82, 2.24) is 9.97 Å². The van der Waals surface area contributed by atoms with Crippen LogP contribution < -0.4 is 0 Å². The first kappa shape index (κ1) is 28.5. The van der Waals surface area contributed by atoms with E-state index in [2.05, 4.69) is 46.4 Å². The van der Waals surface area contributed by atoms with Crippen molar-refractivity contribution in [2.45, 2.75) is 73.9 Å². The van der Waals surface area contributed by atoms with Crippen LogP contribution in [0.1, 0.15) is 81.7 Å². The molecule has 0 spiro atoms. The number of aromatic nitrogens is 2. The maximum absolute atomic E-state index is 8.48. The summed E-state index contributed by atoms with van der Waals surface area (Å²) < 4.78 is 79.6. The van der Waals surface area contributed by atoms with Gasteiger partial charge in [-0.05, 0) is 76.0 Å². The molecule has 275 valence electrons. The van der Waals surface area contributed by atoms with E-state index in [4.69, 9.17) is 16.8 Å². The standard InChI is InChI=1S/C28H34N.C22H14NO.Ir/c1-19-9-11-22(26-14-10-21(18-29-26)17-27(3,4)5)16-25(19)24-13-12-23(15-20(24)2)28(6,7)8;1-14-11-12-23-20(13-14)19-8-4-7-17-18-10-9-15-5-2-3-6-16(15)21(18)24-22(17)19;/h9-10,12-16,18H,17H2,1-8H3;2-7,9-13H,1H3;/q2*-1;/i1D3,2D3,17D2;1D;. The van der Waals surface area contributed by atoms with Gasteiger partial charge in [-0.15, -0.1) is 47.5 Å². The molecule has 1 radical (unpaired) electrons. The summed E-state index contributed by atoms with van der Waals surface area (Å²) in [7, 11) is 0. The van der Waals surface area contributed by atoms with Crippen molar-refractivity contribution in [3.8, 4) is 33.6 Å². The number of nitrogens with zero attached hydrogens (tertiary/aromatic N) is 2. The normalized spacial score (nSPS) is 14.9. The Morgan fingerprint density at radius 3 is 2.28 bits per heavy atom. The molecular formula is C50H48IrN2O-2. The topological polar surface area (TPSA) is 38.9 Å². The molecule has 0 aliphatic rings. The van der Waals surface area contributed by atoms with Gasteiger partial charge in [0.1, 0.15) is 5.58 Å². The van der Waals surface area contributed by atoms with E-state index in [1.54, 1.807) is 36.5 Å². The number of benzene rings is 5. The van der Waals surface area contributed by atoms with E-state index in [9.17, 15) is 0 Å². The summed E-state index contributed by atoms with van der Waals surface area (Å²) in [5.74, 6) is 0. The van der Waals surface area contributed by atoms with E-state index in [-0.39, 0.29) is 49.1 Å². The second-order valence-corrected chi connectivity index (χ2v) is 15.4. The third-order valence-corrected chi connectivity index (χ3v) is 9.09. The molecule has 8 aromatic rings. The van der Waals surface area contributed by atoms with Gasteiger partial charge in [-0.3, -0.25) is 0 Å². The van der Waals surface area contributed by atoms with Crippen LogP contribution in [0.3, 0.4) is 0 Å². The summed E-state index contributed by atoms with van der Waals surface area (Å²) in [6.07, 6.45) is 1.61. The van der Waals surface area contributed by atoms with Gasteiger partial charge < -0.3 is 14.4 Å². The maximum atomic E-state index is 8.48. The molecular weight excluding hydrogens is 837 g/mol. The average Bonchev–Trinajstić information content (AvgIpc) is 3.62. The van der Waals surface area contributed by atoms with Crippen LogP contribution in [0.4, 0.5) is 0 Å². The van der Waals surface area contributed by atoms with E-state index >= 15 is 0 Å². The fraction of sp³-hybridized carbons (Fsp3) is 0.240. The number of pyridine rings is 2. The van der Waals surface area contributed by atoms with Crippen LogP contribution in [-0.4, -0.2) is 9.97 Å². The third-order valence-electron chi connectivity index (χ3n) is 9.09. The fourth-order valence-electron chi connectivity index (χ4n) is 6.44. The first-order chi connectivity index (χ1) is 29.0. The number of hydrogen-bond acceptors (Lipinski definition) is 3. The predicted octanol–water partition coefficient (Wildman–Crippen LogP) is 13.6. The molecule has 0 N–H and O–H groups in total. The van der Waals surface area contributed by atoms with Gasteiger partial charge in [0.05, 0.1) is 5.58 Å². The quantitative estimate of drug-likeness (QED) is 0.165. The first-order valence-electron chi connectivity index (χ1n) is 22.4. The molecule has 0 bridgehead atoms. The minimum Gasteiger partial charge on any atom is -0.500 e. The maximum Gasteiger partial charge on any atom is 0.128 e. The number of furan rings is 1. The average molecular weight is 894 g/mol. The molecule has 5 aromatic carbocycles. The van der Waals surface area contributed by atoms with E-state index in [1.165, 1.54) is 12.3 Å². The van der Waals surface area contributed by atoms with Gasteiger partial charge in [-0.1, -0.05) is 143 Å². The summed E-state index contributed by atoms with van der Waals surface area (Å²) in [6, 6.07) is 38.0. The van der Waals surface area contributed by atoms with E-state index in [0.29, 0.717) is 22.4 Å². The van der Waals surface area contributed by atoms with E-state index in [1.807, 2.05) is 84.0 Å². The molecule has 3 nitrogen and oxygen atoms in total. The Bertz CT molecular complexity index is 2920. The van der Waals surface area contributed by atoms with Crippen LogP contribution in [0, 0.1) is 38.2 Å². The molecule has 0 aliphatic heterocycles. The van der Waals surface area contributed by atoms with Crippen molar-refractivity contribution < 1.29 is 36.9 Å². The fourth-order valence-corrected chi connectivity index (χ4v) is 6.44. The smallest absolute Gasteiger partial charge is 0.128 e. The van der Waals surface area contributed by atoms with Crippen molar-refractivity contribution in [3.05, 3.63) is 155 Å². The van der Waals surface area contributed by atoms with Crippen molar-refractivity contribution in [2.75, 3.05) is 0 Å². The van der Waals surface area contributed by atoms with Crippen LogP contribution in [-0.2, 0) is 31.9 Å². The second-order valence-electron chi connectivity index (χ2n) is 15.4. The molecule has 0 saturated heterocycles. The molecule has 0 amide bonds. The van der Waals surface area contributed by atoms with Crippen molar-refractivity contribution in [3.63, 3.8) is 0 Å². The molecule has 54 heavy (non-hydrogen) atoms. The molecule has 0 unspecified atom stereocenters. The van der Waals surface area contributed by atoms with Gasteiger partial charge >= 0.3 is 0 Å². The van der Waals surface area contributed by atoms with Gasteiger partial charge in [0.15, 0.2) is 0 Å². The zero-order valence-corrected chi connectivity index (χ0v) is 33.7. The molecule has 0 atom stereocenters. The van der Waals surface area contributed by atoms with Crippen LogP contribution in [0.2, 0.25) is 0 Å². The Morgan fingerprint density at radius 2 is 1.54 bits per heavy atom. The molecule has 8 rings (SSSR count). The van der Waals surface area contributed by atoms with Crippen molar-refractivity contribution in [1.29, 1.82) is 0 Å². The third kappa shape index (κ3) is 8.26. The number of hydrogen-bond donors (Lipinski definition) is 0. The number of fused-ring (bicyclic) bond motifs is 5. The van der Waals surface area contributed by atoms with Crippen LogP contribution in [0.15, 0.2) is 120 Å². The Balaban J connectivity index is 0.000000220. The van der Waals surface area contributed by atoms with Crippen molar-refractivity contribution in [2.24, 2.45) is 5.41 Å². The Labute approximate surface area is 346 Å². The van der Waals surface area contributed by atoms with Crippen LogP contribution in [0.5, 0.6) is 0 Å².